The number of thioether (sulfide) groups is 1. The lowest BCUT2D eigenvalue weighted by Crippen LogP contribution is -2.30. The van der Waals surface area contributed by atoms with Gasteiger partial charge in [-0.2, -0.15) is 0 Å². The average molecular weight is 363 g/mol. The third-order valence-corrected chi connectivity index (χ3v) is 5.01. The summed E-state index contributed by atoms with van der Waals surface area (Å²) in [5, 5.41) is 11.8. The van der Waals surface area contributed by atoms with Crippen LogP contribution in [-0.2, 0) is 5.75 Å². The molecule has 5 nitrogen and oxygen atoms in total. The molecule has 0 N–H and O–H groups in total. The fourth-order valence-electron chi connectivity index (χ4n) is 2.62. The van der Waals surface area contributed by atoms with Gasteiger partial charge in [0.25, 0.3) is 0 Å². The molecular weight excluding hydrogens is 346 g/mol. The molecule has 7 heteroatoms. The molecule has 0 unspecified atom stereocenters. The third kappa shape index (κ3) is 4.39. The van der Waals surface area contributed by atoms with Crippen molar-refractivity contribution in [3.8, 4) is 0 Å². The number of carbonyl (C=O) groups excluding carboxylic acids is 1. The Hall–Kier alpha value is -1.79. The number of nitrogens with zero attached hydrogens (tertiary/aromatic N) is 3. The maximum atomic E-state index is 10.8. The van der Waals surface area contributed by atoms with E-state index in [0.717, 1.165) is 24.5 Å². The number of hydrogen-bond donors (Lipinski definition) is 0. The van der Waals surface area contributed by atoms with E-state index in [0.29, 0.717) is 16.1 Å². The fourth-order valence-corrected chi connectivity index (χ4v) is 3.66. The van der Waals surface area contributed by atoms with Crippen molar-refractivity contribution in [2.24, 2.45) is 0 Å². The van der Waals surface area contributed by atoms with Gasteiger partial charge in [0, 0.05) is 24.9 Å². The smallest absolute Gasteiger partial charge is 0.191 e. The minimum atomic E-state index is -1.17. The molecule has 126 valence electrons. The number of rotatable bonds is 5. The first kappa shape index (κ1) is 17.0. The molecule has 3 rings (SSSR count). The van der Waals surface area contributed by atoms with Crippen molar-refractivity contribution in [1.29, 1.82) is 0 Å². The SMILES string of the molecule is O=C([O-])c1ccc(CSc2nc(Cl)cc(N3CCCCC3)n2)cc1. The highest BCUT2D eigenvalue weighted by molar-refractivity contribution is 7.98. The summed E-state index contributed by atoms with van der Waals surface area (Å²) >= 11 is 7.63. The Kier molecular flexibility index (Phi) is 5.58. The predicted molar refractivity (Wildman–Crippen MR) is 93.4 cm³/mol. The molecule has 0 spiro atoms. The molecule has 1 fully saturated rings. The molecule has 0 amide bonds. The van der Waals surface area contributed by atoms with Gasteiger partial charge in [-0.05, 0) is 30.4 Å². The second-order valence-electron chi connectivity index (χ2n) is 5.65. The van der Waals surface area contributed by atoms with Gasteiger partial charge in [-0.3, -0.25) is 0 Å². The Balaban J connectivity index is 1.68. The summed E-state index contributed by atoms with van der Waals surface area (Å²) in [7, 11) is 0. The lowest BCUT2D eigenvalue weighted by molar-refractivity contribution is -0.255. The summed E-state index contributed by atoms with van der Waals surface area (Å²) in [5.74, 6) is 0.357. The Morgan fingerprint density at radius 1 is 1.17 bits per heavy atom. The highest BCUT2D eigenvalue weighted by Crippen LogP contribution is 2.26. The molecule has 0 saturated carbocycles. The van der Waals surface area contributed by atoms with E-state index in [9.17, 15) is 9.90 Å². The van der Waals surface area contributed by atoms with Crippen LogP contribution in [0.15, 0.2) is 35.5 Å². The first-order valence-electron chi connectivity index (χ1n) is 7.84. The van der Waals surface area contributed by atoms with Gasteiger partial charge in [0.15, 0.2) is 5.16 Å². The zero-order valence-electron chi connectivity index (χ0n) is 13.1. The van der Waals surface area contributed by atoms with Crippen LogP contribution in [0, 0.1) is 0 Å². The maximum Gasteiger partial charge on any atom is 0.191 e. The van der Waals surface area contributed by atoms with Crippen LogP contribution in [0.5, 0.6) is 0 Å². The lowest BCUT2D eigenvalue weighted by Gasteiger charge is -2.27. The van der Waals surface area contributed by atoms with Gasteiger partial charge in [0.2, 0.25) is 0 Å². The van der Waals surface area contributed by atoms with Crippen molar-refractivity contribution in [2.75, 3.05) is 18.0 Å². The molecule has 1 aromatic heterocycles. The van der Waals surface area contributed by atoms with E-state index in [1.807, 2.05) is 6.07 Å². The Bertz CT molecular complexity index is 718. The molecule has 0 aliphatic carbocycles. The fraction of sp³-hybridized carbons (Fsp3) is 0.353. The summed E-state index contributed by atoms with van der Waals surface area (Å²) in [6, 6.07) is 8.44. The van der Waals surface area contributed by atoms with Crippen LogP contribution in [0.25, 0.3) is 0 Å². The number of piperidine rings is 1. The van der Waals surface area contributed by atoms with E-state index in [-0.39, 0.29) is 5.56 Å². The first-order chi connectivity index (χ1) is 11.6. The third-order valence-electron chi connectivity index (χ3n) is 3.90. The number of hydrogen-bond acceptors (Lipinski definition) is 6. The number of aromatic carboxylic acids is 1. The van der Waals surface area contributed by atoms with Crippen molar-refractivity contribution in [3.05, 3.63) is 46.6 Å². The first-order valence-corrected chi connectivity index (χ1v) is 9.21. The molecule has 0 atom stereocenters. The monoisotopic (exact) mass is 362 g/mol. The molecule has 1 aromatic carbocycles. The van der Waals surface area contributed by atoms with E-state index in [4.69, 9.17) is 11.6 Å². The van der Waals surface area contributed by atoms with Gasteiger partial charge in [-0.25, -0.2) is 9.97 Å². The summed E-state index contributed by atoms with van der Waals surface area (Å²) in [4.78, 5) is 21.9. The van der Waals surface area contributed by atoms with Gasteiger partial charge < -0.3 is 14.8 Å². The summed E-state index contributed by atoms with van der Waals surface area (Å²) in [5.41, 5.74) is 1.17. The Labute approximate surface area is 150 Å². The van der Waals surface area contributed by atoms with Gasteiger partial charge in [-0.15, -0.1) is 0 Å². The summed E-state index contributed by atoms with van der Waals surface area (Å²) in [6.45, 7) is 2.00. The number of carbonyl (C=O) groups is 1. The van der Waals surface area contributed by atoms with Crippen LogP contribution in [0.3, 0.4) is 0 Å². The number of halogens is 1. The van der Waals surface area contributed by atoms with Gasteiger partial charge >= 0.3 is 0 Å². The largest absolute Gasteiger partial charge is 0.545 e. The summed E-state index contributed by atoms with van der Waals surface area (Å²) < 4.78 is 0. The van der Waals surface area contributed by atoms with E-state index in [1.165, 1.54) is 31.0 Å². The molecular formula is C17H17ClN3O2S-. The number of anilines is 1. The van der Waals surface area contributed by atoms with Gasteiger partial charge in [-0.1, -0.05) is 47.6 Å². The highest BCUT2D eigenvalue weighted by Gasteiger charge is 2.14. The number of benzene rings is 1. The summed E-state index contributed by atoms with van der Waals surface area (Å²) in [6.07, 6.45) is 3.61. The second-order valence-corrected chi connectivity index (χ2v) is 6.98. The molecule has 2 heterocycles. The lowest BCUT2D eigenvalue weighted by atomic mass is 10.1. The second kappa shape index (κ2) is 7.85. The average Bonchev–Trinajstić information content (AvgIpc) is 2.60. The minimum Gasteiger partial charge on any atom is -0.545 e. The molecule has 24 heavy (non-hydrogen) atoms. The van der Waals surface area contributed by atoms with E-state index >= 15 is 0 Å². The van der Waals surface area contributed by atoms with E-state index in [2.05, 4.69) is 14.9 Å². The van der Waals surface area contributed by atoms with E-state index in [1.54, 1.807) is 24.3 Å². The molecule has 2 aromatic rings. The highest BCUT2D eigenvalue weighted by atomic mass is 35.5. The maximum absolute atomic E-state index is 10.8. The zero-order valence-corrected chi connectivity index (χ0v) is 14.6. The van der Waals surface area contributed by atoms with Crippen LogP contribution in [-0.4, -0.2) is 29.0 Å². The van der Waals surface area contributed by atoms with Crippen LogP contribution < -0.4 is 10.0 Å². The van der Waals surface area contributed by atoms with Crippen molar-refractivity contribution < 1.29 is 9.90 Å². The van der Waals surface area contributed by atoms with Crippen LogP contribution >= 0.6 is 23.4 Å². The predicted octanol–water partition coefficient (Wildman–Crippen LogP) is 2.78. The number of carboxylic acids is 1. The molecule has 1 aliphatic rings. The van der Waals surface area contributed by atoms with Gasteiger partial charge in [0.05, 0.1) is 5.97 Å². The number of carboxylic acid groups (broad SMARTS) is 1. The molecule has 0 bridgehead atoms. The van der Waals surface area contributed by atoms with Crippen molar-refractivity contribution in [1.82, 2.24) is 9.97 Å². The van der Waals surface area contributed by atoms with Crippen LogP contribution in [0.4, 0.5) is 5.82 Å². The molecule has 0 radical (unpaired) electrons. The van der Waals surface area contributed by atoms with Crippen molar-refractivity contribution >= 4 is 35.1 Å². The standard InChI is InChI=1S/C17H18ClN3O2S/c18-14-10-15(21-8-2-1-3-9-21)20-17(19-14)24-11-12-4-6-13(7-5-12)16(22)23/h4-7,10H,1-3,8-9,11H2,(H,22,23)/p-1. The molecule has 1 saturated heterocycles. The quantitative estimate of drug-likeness (QED) is 0.463. The van der Waals surface area contributed by atoms with Crippen molar-refractivity contribution in [3.63, 3.8) is 0 Å². The topological polar surface area (TPSA) is 69.2 Å². The van der Waals surface area contributed by atoms with Crippen molar-refractivity contribution in [2.45, 2.75) is 30.2 Å². The van der Waals surface area contributed by atoms with Crippen LogP contribution in [0.2, 0.25) is 5.15 Å². The van der Waals surface area contributed by atoms with Crippen LogP contribution in [0.1, 0.15) is 35.2 Å². The Morgan fingerprint density at radius 2 is 1.88 bits per heavy atom. The number of aromatic nitrogens is 2. The Morgan fingerprint density at radius 3 is 2.54 bits per heavy atom. The molecule has 1 aliphatic heterocycles. The zero-order chi connectivity index (χ0) is 16.9. The van der Waals surface area contributed by atoms with Gasteiger partial charge in [0.1, 0.15) is 11.0 Å². The normalized spacial score (nSPS) is 14.6. The minimum absolute atomic E-state index is 0.176. The van der Waals surface area contributed by atoms with E-state index < -0.39 is 5.97 Å².